The van der Waals surface area contributed by atoms with Crippen LogP contribution in [0.1, 0.15) is 24.8 Å². The third kappa shape index (κ3) is 2.81. The number of nitrogens with zero attached hydrogens (tertiary/aromatic N) is 1. The maximum atomic E-state index is 5.50. The Hall–Kier alpha value is -1.91. The molecule has 1 saturated carbocycles. The van der Waals surface area contributed by atoms with Crippen LogP contribution in [0.3, 0.4) is 0 Å². The standard InChI is InChI=1S/C15H21N3O2/c1-16-15(17-8-11-4-2-5-11)18-9-12-6-3-7-13-14(12)20-10-19-13/h3,6-7,11H,2,4-5,8-10H2,1H3,(H2,16,17,18). The number of para-hydroxylation sites is 1. The number of aliphatic imine (C=N–C) groups is 1. The molecule has 20 heavy (non-hydrogen) atoms. The molecule has 0 radical (unpaired) electrons. The van der Waals surface area contributed by atoms with Gasteiger partial charge in [-0.05, 0) is 24.8 Å². The summed E-state index contributed by atoms with van der Waals surface area (Å²) in [7, 11) is 1.80. The lowest BCUT2D eigenvalue weighted by molar-refractivity contribution is 0.173. The fourth-order valence-electron chi connectivity index (χ4n) is 2.47. The molecule has 1 heterocycles. The molecule has 2 aliphatic rings. The van der Waals surface area contributed by atoms with Crippen LogP contribution < -0.4 is 20.1 Å². The second-order valence-electron chi connectivity index (χ2n) is 5.25. The van der Waals surface area contributed by atoms with Crippen LogP contribution in [0.2, 0.25) is 0 Å². The first-order valence-electron chi connectivity index (χ1n) is 7.19. The second kappa shape index (κ2) is 6.03. The molecule has 0 amide bonds. The van der Waals surface area contributed by atoms with Gasteiger partial charge in [0.05, 0.1) is 0 Å². The highest BCUT2D eigenvalue weighted by Crippen LogP contribution is 2.35. The van der Waals surface area contributed by atoms with Gasteiger partial charge in [-0.3, -0.25) is 4.99 Å². The first-order valence-corrected chi connectivity index (χ1v) is 7.19. The van der Waals surface area contributed by atoms with Crippen molar-refractivity contribution in [2.75, 3.05) is 20.4 Å². The van der Waals surface area contributed by atoms with Crippen LogP contribution in [0.15, 0.2) is 23.2 Å². The van der Waals surface area contributed by atoms with E-state index in [1.165, 1.54) is 19.3 Å². The summed E-state index contributed by atoms with van der Waals surface area (Å²) in [6, 6.07) is 5.95. The third-order valence-corrected chi connectivity index (χ3v) is 3.93. The Labute approximate surface area is 119 Å². The van der Waals surface area contributed by atoms with Gasteiger partial charge < -0.3 is 20.1 Å². The normalized spacial score (nSPS) is 17.8. The van der Waals surface area contributed by atoms with Crippen LogP contribution >= 0.6 is 0 Å². The van der Waals surface area contributed by atoms with E-state index in [-0.39, 0.29) is 0 Å². The monoisotopic (exact) mass is 275 g/mol. The fraction of sp³-hybridized carbons (Fsp3) is 0.533. The van der Waals surface area contributed by atoms with E-state index >= 15 is 0 Å². The highest BCUT2D eigenvalue weighted by molar-refractivity contribution is 5.79. The Morgan fingerprint density at radius 1 is 1.30 bits per heavy atom. The molecule has 2 N–H and O–H groups in total. The molecule has 5 nitrogen and oxygen atoms in total. The molecular formula is C15H21N3O2. The van der Waals surface area contributed by atoms with Crippen molar-refractivity contribution in [3.05, 3.63) is 23.8 Å². The highest BCUT2D eigenvalue weighted by Gasteiger charge is 2.18. The van der Waals surface area contributed by atoms with Gasteiger partial charge in [-0.1, -0.05) is 18.6 Å². The summed E-state index contributed by atoms with van der Waals surface area (Å²) in [6.07, 6.45) is 4.04. The SMILES string of the molecule is CN=C(NCc1cccc2c1OCO2)NCC1CCC1. The molecular weight excluding hydrogens is 254 g/mol. The van der Waals surface area contributed by atoms with E-state index in [0.717, 1.165) is 35.5 Å². The van der Waals surface area contributed by atoms with E-state index in [9.17, 15) is 0 Å². The predicted molar refractivity (Wildman–Crippen MR) is 78.1 cm³/mol. The van der Waals surface area contributed by atoms with Crippen molar-refractivity contribution in [2.45, 2.75) is 25.8 Å². The van der Waals surface area contributed by atoms with Crippen molar-refractivity contribution in [3.63, 3.8) is 0 Å². The van der Waals surface area contributed by atoms with E-state index in [1.54, 1.807) is 7.05 Å². The van der Waals surface area contributed by atoms with Gasteiger partial charge in [-0.25, -0.2) is 0 Å². The Bertz CT molecular complexity index is 498. The first kappa shape index (κ1) is 13.1. The third-order valence-electron chi connectivity index (χ3n) is 3.93. The summed E-state index contributed by atoms with van der Waals surface area (Å²) in [5.41, 5.74) is 1.09. The van der Waals surface area contributed by atoms with Crippen molar-refractivity contribution in [2.24, 2.45) is 10.9 Å². The Balaban J connectivity index is 1.53. The van der Waals surface area contributed by atoms with Crippen molar-refractivity contribution in [3.8, 4) is 11.5 Å². The van der Waals surface area contributed by atoms with Crippen LogP contribution in [0.5, 0.6) is 11.5 Å². The lowest BCUT2D eigenvalue weighted by Gasteiger charge is -2.26. The molecule has 5 heteroatoms. The molecule has 1 aliphatic heterocycles. The van der Waals surface area contributed by atoms with Crippen LogP contribution in [-0.2, 0) is 6.54 Å². The molecule has 3 rings (SSSR count). The predicted octanol–water partition coefficient (Wildman–Crippen LogP) is 1.88. The fourth-order valence-corrected chi connectivity index (χ4v) is 2.47. The summed E-state index contributed by atoms with van der Waals surface area (Å²) in [5.74, 6) is 3.32. The zero-order valence-corrected chi connectivity index (χ0v) is 11.8. The Morgan fingerprint density at radius 2 is 2.20 bits per heavy atom. The Morgan fingerprint density at radius 3 is 2.95 bits per heavy atom. The molecule has 0 atom stereocenters. The van der Waals surface area contributed by atoms with Gasteiger partial charge in [0.1, 0.15) is 0 Å². The van der Waals surface area contributed by atoms with Crippen LogP contribution in [0, 0.1) is 5.92 Å². The van der Waals surface area contributed by atoms with E-state index in [2.05, 4.69) is 15.6 Å². The summed E-state index contributed by atoms with van der Waals surface area (Å²) in [4.78, 5) is 4.25. The molecule has 1 aliphatic carbocycles. The lowest BCUT2D eigenvalue weighted by atomic mass is 9.85. The van der Waals surface area contributed by atoms with Gasteiger partial charge in [0.2, 0.25) is 6.79 Å². The number of hydrogen-bond donors (Lipinski definition) is 2. The van der Waals surface area contributed by atoms with Crippen molar-refractivity contribution in [1.82, 2.24) is 10.6 Å². The quantitative estimate of drug-likeness (QED) is 0.651. The molecule has 0 aromatic heterocycles. The minimum atomic E-state index is 0.307. The van der Waals surface area contributed by atoms with Crippen molar-refractivity contribution >= 4 is 5.96 Å². The molecule has 1 fully saturated rings. The maximum Gasteiger partial charge on any atom is 0.231 e. The van der Waals surface area contributed by atoms with Gasteiger partial charge >= 0.3 is 0 Å². The summed E-state index contributed by atoms with van der Waals surface area (Å²) >= 11 is 0. The number of guanidine groups is 1. The van der Waals surface area contributed by atoms with Crippen LogP contribution in [0.4, 0.5) is 0 Å². The molecule has 1 aromatic rings. The first-order chi connectivity index (χ1) is 9.86. The van der Waals surface area contributed by atoms with E-state index in [4.69, 9.17) is 9.47 Å². The maximum absolute atomic E-state index is 5.50. The molecule has 0 unspecified atom stereocenters. The van der Waals surface area contributed by atoms with Gasteiger partial charge in [0.15, 0.2) is 17.5 Å². The average Bonchev–Trinajstić information content (AvgIpc) is 2.89. The van der Waals surface area contributed by atoms with Crippen molar-refractivity contribution in [1.29, 1.82) is 0 Å². The summed E-state index contributed by atoms with van der Waals surface area (Å²) in [6.45, 7) is 1.99. The van der Waals surface area contributed by atoms with Crippen LogP contribution in [-0.4, -0.2) is 26.3 Å². The minimum Gasteiger partial charge on any atom is -0.454 e. The summed E-state index contributed by atoms with van der Waals surface area (Å²) in [5, 5.41) is 6.70. The van der Waals surface area contributed by atoms with E-state index in [0.29, 0.717) is 13.3 Å². The number of benzene rings is 1. The van der Waals surface area contributed by atoms with E-state index in [1.807, 2.05) is 18.2 Å². The smallest absolute Gasteiger partial charge is 0.231 e. The molecule has 108 valence electrons. The summed E-state index contributed by atoms with van der Waals surface area (Å²) < 4.78 is 10.9. The number of hydrogen-bond acceptors (Lipinski definition) is 3. The van der Waals surface area contributed by atoms with Crippen LogP contribution in [0.25, 0.3) is 0 Å². The average molecular weight is 275 g/mol. The largest absolute Gasteiger partial charge is 0.454 e. The Kier molecular flexibility index (Phi) is 3.95. The molecule has 0 bridgehead atoms. The van der Waals surface area contributed by atoms with Gasteiger partial charge in [0.25, 0.3) is 0 Å². The van der Waals surface area contributed by atoms with Gasteiger partial charge in [-0.2, -0.15) is 0 Å². The van der Waals surface area contributed by atoms with E-state index < -0.39 is 0 Å². The number of fused-ring (bicyclic) bond motifs is 1. The molecule has 1 aromatic carbocycles. The van der Waals surface area contributed by atoms with Gasteiger partial charge in [-0.15, -0.1) is 0 Å². The highest BCUT2D eigenvalue weighted by atomic mass is 16.7. The molecule has 0 spiro atoms. The van der Waals surface area contributed by atoms with Crippen molar-refractivity contribution < 1.29 is 9.47 Å². The number of ether oxygens (including phenoxy) is 2. The van der Waals surface area contributed by atoms with Gasteiger partial charge in [0, 0.05) is 25.7 Å². The zero-order chi connectivity index (χ0) is 13.8. The second-order valence-corrected chi connectivity index (χ2v) is 5.25. The topological polar surface area (TPSA) is 54.9 Å². The lowest BCUT2D eigenvalue weighted by Crippen LogP contribution is -2.40. The number of nitrogens with one attached hydrogen (secondary N) is 2. The minimum absolute atomic E-state index is 0.307. The zero-order valence-electron chi connectivity index (χ0n) is 11.8. The number of rotatable bonds is 4. The molecule has 0 saturated heterocycles.